The topological polar surface area (TPSA) is 60.2 Å². The summed E-state index contributed by atoms with van der Waals surface area (Å²) in [5, 5.41) is 7.45. The van der Waals surface area contributed by atoms with E-state index in [1.165, 1.54) is 6.42 Å². The Kier molecular flexibility index (Phi) is 4.58. The molecule has 108 valence electrons. The number of hydrogen-bond donors (Lipinski definition) is 1. The highest BCUT2D eigenvalue weighted by atomic mass is 16.5. The van der Waals surface area contributed by atoms with Crippen molar-refractivity contribution in [3.63, 3.8) is 0 Å². The monoisotopic (exact) mass is 267 g/mol. The molecule has 1 N–H and O–H groups in total. The minimum Gasteiger partial charge on any atom is -0.370 e. The summed E-state index contributed by atoms with van der Waals surface area (Å²) >= 11 is 0. The Labute approximate surface area is 115 Å². The highest BCUT2D eigenvalue weighted by Crippen LogP contribution is 2.41. The summed E-state index contributed by atoms with van der Waals surface area (Å²) in [6.45, 7) is 7.23. The second-order valence-corrected chi connectivity index (χ2v) is 5.64. The first-order valence-electron chi connectivity index (χ1n) is 7.24. The second kappa shape index (κ2) is 6.01. The standard InChI is InChI=1S/C14H25N3O2/c1-5-15-11(3)12-16-13(17-19-12)14(18-4)8-6-7-10(2)9-14/h10-11,15H,5-9H2,1-4H3. The SMILES string of the molecule is CCNC(C)c1nc(C2(OC)CCCC(C)C2)no1. The molecule has 0 aromatic carbocycles. The molecule has 1 aromatic heterocycles. The van der Waals surface area contributed by atoms with Gasteiger partial charge in [-0.05, 0) is 38.6 Å². The Balaban J connectivity index is 2.19. The van der Waals surface area contributed by atoms with E-state index in [1.54, 1.807) is 7.11 Å². The fraction of sp³-hybridized carbons (Fsp3) is 0.857. The number of rotatable bonds is 5. The summed E-state index contributed by atoms with van der Waals surface area (Å²) in [6.07, 6.45) is 4.35. The van der Waals surface area contributed by atoms with Crippen LogP contribution in [0, 0.1) is 5.92 Å². The van der Waals surface area contributed by atoms with E-state index >= 15 is 0 Å². The van der Waals surface area contributed by atoms with Crippen molar-refractivity contribution in [1.29, 1.82) is 0 Å². The van der Waals surface area contributed by atoms with Gasteiger partial charge >= 0.3 is 0 Å². The third kappa shape index (κ3) is 2.98. The smallest absolute Gasteiger partial charge is 0.243 e. The fourth-order valence-electron chi connectivity index (χ4n) is 2.97. The highest BCUT2D eigenvalue weighted by molar-refractivity contribution is 5.05. The van der Waals surface area contributed by atoms with Crippen LogP contribution in [0.3, 0.4) is 0 Å². The highest BCUT2D eigenvalue weighted by Gasteiger charge is 2.41. The molecular formula is C14H25N3O2. The third-order valence-electron chi connectivity index (χ3n) is 4.08. The third-order valence-corrected chi connectivity index (χ3v) is 4.08. The Morgan fingerprint density at radius 2 is 2.37 bits per heavy atom. The molecule has 19 heavy (non-hydrogen) atoms. The lowest BCUT2D eigenvalue weighted by atomic mass is 9.78. The van der Waals surface area contributed by atoms with Gasteiger partial charge in [-0.2, -0.15) is 4.98 Å². The first kappa shape index (κ1) is 14.5. The van der Waals surface area contributed by atoms with Crippen molar-refractivity contribution in [3.05, 3.63) is 11.7 Å². The Morgan fingerprint density at radius 1 is 1.58 bits per heavy atom. The van der Waals surface area contributed by atoms with Gasteiger partial charge in [0.1, 0.15) is 5.60 Å². The lowest BCUT2D eigenvalue weighted by molar-refractivity contribution is -0.0658. The first-order valence-corrected chi connectivity index (χ1v) is 7.24. The van der Waals surface area contributed by atoms with Crippen molar-refractivity contribution in [2.24, 2.45) is 5.92 Å². The van der Waals surface area contributed by atoms with Crippen molar-refractivity contribution < 1.29 is 9.26 Å². The van der Waals surface area contributed by atoms with Gasteiger partial charge in [-0.15, -0.1) is 0 Å². The van der Waals surface area contributed by atoms with Crippen LogP contribution >= 0.6 is 0 Å². The van der Waals surface area contributed by atoms with Gasteiger partial charge in [-0.1, -0.05) is 25.4 Å². The van der Waals surface area contributed by atoms with E-state index in [9.17, 15) is 0 Å². The van der Waals surface area contributed by atoms with Gasteiger partial charge in [0.05, 0.1) is 6.04 Å². The molecule has 0 spiro atoms. The van der Waals surface area contributed by atoms with E-state index in [2.05, 4.69) is 29.3 Å². The molecule has 0 bridgehead atoms. The van der Waals surface area contributed by atoms with Gasteiger partial charge in [-0.25, -0.2) is 0 Å². The van der Waals surface area contributed by atoms with Gasteiger partial charge in [0, 0.05) is 7.11 Å². The zero-order chi connectivity index (χ0) is 13.9. The van der Waals surface area contributed by atoms with E-state index < -0.39 is 0 Å². The van der Waals surface area contributed by atoms with Gasteiger partial charge < -0.3 is 14.6 Å². The largest absolute Gasteiger partial charge is 0.370 e. The van der Waals surface area contributed by atoms with Crippen LogP contribution < -0.4 is 5.32 Å². The van der Waals surface area contributed by atoms with E-state index in [-0.39, 0.29) is 11.6 Å². The molecule has 1 fully saturated rings. The molecule has 5 nitrogen and oxygen atoms in total. The average Bonchev–Trinajstić information content (AvgIpc) is 2.89. The summed E-state index contributed by atoms with van der Waals surface area (Å²) in [6, 6.07) is 0.0844. The Hall–Kier alpha value is -0.940. The van der Waals surface area contributed by atoms with Crippen LogP contribution in [0.4, 0.5) is 0 Å². The van der Waals surface area contributed by atoms with Gasteiger partial charge in [0.25, 0.3) is 0 Å². The summed E-state index contributed by atoms with van der Waals surface area (Å²) in [7, 11) is 1.75. The summed E-state index contributed by atoms with van der Waals surface area (Å²) in [5.41, 5.74) is -0.356. The van der Waals surface area contributed by atoms with E-state index in [1.807, 2.05) is 6.92 Å². The number of aromatic nitrogens is 2. The lowest BCUT2D eigenvalue weighted by Gasteiger charge is -2.36. The van der Waals surface area contributed by atoms with Crippen molar-refractivity contribution in [2.75, 3.05) is 13.7 Å². The maximum atomic E-state index is 5.78. The quantitative estimate of drug-likeness (QED) is 0.889. The maximum Gasteiger partial charge on any atom is 0.243 e. The molecule has 0 radical (unpaired) electrons. The Bertz CT molecular complexity index is 407. The predicted octanol–water partition coefficient (Wildman–Crippen LogP) is 2.79. The molecule has 3 atom stereocenters. The van der Waals surface area contributed by atoms with E-state index in [0.29, 0.717) is 17.6 Å². The minimum atomic E-state index is -0.356. The zero-order valence-electron chi connectivity index (χ0n) is 12.4. The molecule has 0 saturated heterocycles. The molecule has 1 heterocycles. The zero-order valence-corrected chi connectivity index (χ0v) is 12.4. The fourth-order valence-corrected chi connectivity index (χ4v) is 2.97. The predicted molar refractivity (Wildman–Crippen MR) is 72.7 cm³/mol. The van der Waals surface area contributed by atoms with Crippen LogP contribution in [0.15, 0.2) is 4.52 Å². The molecule has 0 aliphatic heterocycles. The number of methoxy groups -OCH3 is 1. The van der Waals surface area contributed by atoms with Crippen molar-refractivity contribution in [2.45, 2.75) is 58.1 Å². The van der Waals surface area contributed by atoms with Crippen LogP contribution in [0.1, 0.15) is 64.2 Å². The molecule has 5 heteroatoms. The second-order valence-electron chi connectivity index (χ2n) is 5.64. The molecule has 1 aliphatic carbocycles. The number of nitrogens with one attached hydrogen (secondary N) is 1. The van der Waals surface area contributed by atoms with Crippen molar-refractivity contribution in [1.82, 2.24) is 15.5 Å². The normalized spacial score (nSPS) is 29.4. The molecule has 2 rings (SSSR count). The van der Waals surface area contributed by atoms with Gasteiger partial charge in [-0.3, -0.25) is 0 Å². The first-order chi connectivity index (χ1) is 9.11. The van der Waals surface area contributed by atoms with E-state index in [0.717, 1.165) is 25.8 Å². The number of ether oxygens (including phenoxy) is 1. The van der Waals surface area contributed by atoms with Crippen LogP contribution in [-0.2, 0) is 10.3 Å². The number of nitrogens with zero attached hydrogens (tertiary/aromatic N) is 2. The molecule has 3 unspecified atom stereocenters. The summed E-state index contributed by atoms with van der Waals surface area (Å²) < 4.78 is 11.2. The van der Waals surface area contributed by atoms with Crippen molar-refractivity contribution >= 4 is 0 Å². The maximum absolute atomic E-state index is 5.78. The van der Waals surface area contributed by atoms with E-state index in [4.69, 9.17) is 9.26 Å². The van der Waals surface area contributed by atoms with Crippen LogP contribution in [0.25, 0.3) is 0 Å². The van der Waals surface area contributed by atoms with Gasteiger partial charge in [0.15, 0.2) is 0 Å². The molecule has 0 amide bonds. The number of hydrogen-bond acceptors (Lipinski definition) is 5. The van der Waals surface area contributed by atoms with Gasteiger partial charge in [0.2, 0.25) is 11.7 Å². The van der Waals surface area contributed by atoms with Crippen LogP contribution in [0.2, 0.25) is 0 Å². The molecule has 1 aromatic rings. The van der Waals surface area contributed by atoms with Crippen LogP contribution in [-0.4, -0.2) is 23.8 Å². The average molecular weight is 267 g/mol. The molecule has 1 saturated carbocycles. The minimum absolute atomic E-state index is 0.0844. The van der Waals surface area contributed by atoms with Crippen molar-refractivity contribution in [3.8, 4) is 0 Å². The Morgan fingerprint density at radius 3 is 3.00 bits per heavy atom. The summed E-state index contributed by atoms with van der Waals surface area (Å²) in [4.78, 5) is 4.56. The summed E-state index contributed by atoms with van der Waals surface area (Å²) in [5.74, 6) is 2.00. The van der Waals surface area contributed by atoms with Crippen LogP contribution in [0.5, 0.6) is 0 Å². The molecular weight excluding hydrogens is 242 g/mol. The molecule has 1 aliphatic rings. The lowest BCUT2D eigenvalue weighted by Crippen LogP contribution is -2.35.